The second-order valence-corrected chi connectivity index (χ2v) is 13.4. The number of carbonyl (C=O) groups excluding carboxylic acids is 4. The Kier molecular flexibility index (Phi) is 10.9. The number of nitrogens with zero attached hydrogens (tertiary/aromatic N) is 2. The highest BCUT2D eigenvalue weighted by atomic mass is 16.6. The van der Waals surface area contributed by atoms with Crippen molar-refractivity contribution in [1.29, 1.82) is 0 Å². The van der Waals surface area contributed by atoms with E-state index in [-0.39, 0.29) is 37.3 Å². The lowest BCUT2D eigenvalue weighted by Crippen LogP contribution is -2.59. The van der Waals surface area contributed by atoms with E-state index in [9.17, 15) is 24.3 Å². The molecule has 0 radical (unpaired) electrons. The van der Waals surface area contributed by atoms with Crippen molar-refractivity contribution in [2.75, 3.05) is 19.7 Å². The van der Waals surface area contributed by atoms with Gasteiger partial charge in [0.2, 0.25) is 17.7 Å². The highest BCUT2D eigenvalue weighted by molar-refractivity contribution is 5.98. The summed E-state index contributed by atoms with van der Waals surface area (Å²) in [5.41, 5.74) is -1.01. The van der Waals surface area contributed by atoms with Crippen molar-refractivity contribution in [1.82, 2.24) is 15.1 Å². The Morgan fingerprint density at radius 3 is 2.53 bits per heavy atom. The number of aliphatic hydroxyl groups excluding tert-OH is 1. The lowest BCUT2D eigenvalue weighted by molar-refractivity contribution is -0.162. The summed E-state index contributed by atoms with van der Waals surface area (Å²) in [6.45, 7) is 15.6. The Morgan fingerprint density at radius 2 is 1.91 bits per heavy atom. The van der Waals surface area contributed by atoms with Gasteiger partial charge in [0.05, 0.1) is 24.0 Å². The van der Waals surface area contributed by atoms with Crippen LogP contribution in [0.15, 0.2) is 55.6 Å². The zero-order valence-corrected chi connectivity index (χ0v) is 27.1. The van der Waals surface area contributed by atoms with Crippen molar-refractivity contribution in [3.63, 3.8) is 0 Å². The van der Waals surface area contributed by atoms with Crippen LogP contribution in [0.2, 0.25) is 0 Å². The topological polar surface area (TPSA) is 125 Å². The molecule has 2 bridgehead atoms. The molecule has 1 spiro atoms. The predicted octanol–water partition coefficient (Wildman–Crippen LogP) is 3.70. The SMILES string of the molecule is C=CCCC(=O)N[C@@H](C)[C@H](OC(=O)[C@@H]1[C@H]2C(=O)N(CCCCO)[C@H](C(=O)N(CC=C)C(C)(C)C)[C@]23CC[C@H]1O3)c1ccccc1. The monoisotopic (exact) mass is 623 g/mol. The van der Waals surface area contributed by atoms with Gasteiger partial charge in [-0.2, -0.15) is 0 Å². The molecule has 0 unspecified atom stereocenters. The first-order valence-corrected chi connectivity index (χ1v) is 16.1. The molecule has 0 aromatic heterocycles. The fraction of sp³-hybridized carbons (Fsp3) is 0.600. The second-order valence-electron chi connectivity index (χ2n) is 13.4. The molecule has 3 fully saturated rings. The van der Waals surface area contributed by atoms with Gasteiger partial charge in [-0.15, -0.1) is 13.2 Å². The molecule has 7 atom stereocenters. The van der Waals surface area contributed by atoms with E-state index in [0.29, 0.717) is 44.2 Å². The van der Waals surface area contributed by atoms with Crippen molar-refractivity contribution < 1.29 is 33.8 Å². The van der Waals surface area contributed by atoms with E-state index in [4.69, 9.17) is 9.47 Å². The second kappa shape index (κ2) is 14.3. The van der Waals surface area contributed by atoms with Crippen molar-refractivity contribution >= 4 is 23.7 Å². The molecule has 0 aliphatic carbocycles. The van der Waals surface area contributed by atoms with Gasteiger partial charge >= 0.3 is 5.97 Å². The summed E-state index contributed by atoms with van der Waals surface area (Å²) in [4.78, 5) is 58.7. The predicted molar refractivity (Wildman–Crippen MR) is 170 cm³/mol. The van der Waals surface area contributed by atoms with Crippen LogP contribution in [0.3, 0.4) is 0 Å². The average molecular weight is 624 g/mol. The molecule has 246 valence electrons. The third-order valence-electron chi connectivity index (χ3n) is 9.29. The van der Waals surface area contributed by atoms with E-state index in [2.05, 4.69) is 18.5 Å². The Bertz CT molecular complexity index is 1260. The number of benzene rings is 1. The number of unbranched alkanes of at least 4 members (excludes halogenated alkanes) is 1. The maximum Gasteiger partial charge on any atom is 0.313 e. The van der Waals surface area contributed by atoms with Crippen molar-refractivity contribution in [2.24, 2.45) is 11.8 Å². The van der Waals surface area contributed by atoms with E-state index in [1.165, 1.54) is 0 Å². The first-order valence-electron chi connectivity index (χ1n) is 16.1. The lowest BCUT2D eigenvalue weighted by atomic mass is 9.70. The number of fused-ring (bicyclic) bond motifs is 1. The van der Waals surface area contributed by atoms with Crippen LogP contribution in [0.5, 0.6) is 0 Å². The number of carbonyl (C=O) groups is 4. The quantitative estimate of drug-likeness (QED) is 0.173. The molecule has 3 aliphatic heterocycles. The normalized spacial score (nSPS) is 26.6. The van der Waals surface area contributed by atoms with Gasteiger partial charge < -0.3 is 29.7 Å². The van der Waals surface area contributed by atoms with E-state index in [1.807, 2.05) is 51.1 Å². The number of esters is 1. The van der Waals surface area contributed by atoms with Gasteiger partial charge in [-0.1, -0.05) is 42.5 Å². The summed E-state index contributed by atoms with van der Waals surface area (Å²) in [7, 11) is 0. The number of amides is 3. The number of rotatable bonds is 15. The number of hydrogen-bond acceptors (Lipinski definition) is 7. The molecule has 1 aromatic rings. The Balaban J connectivity index is 1.66. The minimum atomic E-state index is -1.17. The minimum absolute atomic E-state index is 0.0312. The summed E-state index contributed by atoms with van der Waals surface area (Å²) in [5, 5.41) is 12.4. The zero-order chi connectivity index (χ0) is 32.9. The zero-order valence-electron chi connectivity index (χ0n) is 27.1. The molecule has 2 N–H and O–H groups in total. The van der Waals surface area contributed by atoms with E-state index < -0.39 is 53.2 Å². The molecule has 3 aliphatic rings. The van der Waals surface area contributed by atoms with Crippen LogP contribution in [0.25, 0.3) is 0 Å². The van der Waals surface area contributed by atoms with Crippen LogP contribution in [0.4, 0.5) is 0 Å². The van der Waals surface area contributed by atoms with Crippen LogP contribution in [-0.2, 0) is 28.7 Å². The summed E-state index contributed by atoms with van der Waals surface area (Å²) in [6, 6.07) is 7.74. The average Bonchev–Trinajstić information content (AvgIpc) is 3.64. The number of aliphatic hydroxyl groups is 1. The van der Waals surface area contributed by atoms with Gasteiger partial charge in [0.15, 0.2) is 0 Å². The smallest absolute Gasteiger partial charge is 0.313 e. The highest BCUT2D eigenvalue weighted by Crippen LogP contribution is 2.59. The number of ether oxygens (including phenoxy) is 2. The van der Waals surface area contributed by atoms with Gasteiger partial charge in [0, 0.05) is 31.7 Å². The molecule has 3 amide bonds. The van der Waals surface area contributed by atoms with Crippen molar-refractivity contribution in [3.8, 4) is 0 Å². The summed E-state index contributed by atoms with van der Waals surface area (Å²) in [5.74, 6) is -3.09. The van der Waals surface area contributed by atoms with Gasteiger partial charge in [-0.3, -0.25) is 19.2 Å². The molecule has 4 rings (SSSR count). The Hall–Kier alpha value is -3.50. The Morgan fingerprint density at radius 1 is 1.20 bits per heavy atom. The lowest BCUT2D eigenvalue weighted by Gasteiger charge is -2.42. The molecule has 10 heteroatoms. The van der Waals surface area contributed by atoms with E-state index >= 15 is 0 Å². The standard InChI is InChI=1S/C35H49N3O7/c1-7-9-17-26(40)36-23(3)29(24-15-11-10-12-16-24)44-33(43)27-25-18-19-35(45-25)28(27)31(41)37(21-13-14-22-39)30(35)32(42)38(20-8-2)34(4,5)6/h7-8,10-12,15-16,23,25,27-30,39H,1-2,9,13-14,17-22H2,3-6H3,(H,36,40)/t23-,25+,27-,28-,29-,30+,35-/m0/s1. The van der Waals surface area contributed by atoms with E-state index in [0.717, 1.165) is 0 Å². The molecule has 10 nitrogen and oxygen atoms in total. The third kappa shape index (κ3) is 6.87. The van der Waals surface area contributed by atoms with Crippen molar-refractivity contribution in [3.05, 3.63) is 61.2 Å². The largest absolute Gasteiger partial charge is 0.455 e. The maximum atomic E-state index is 14.4. The van der Waals surface area contributed by atoms with Gasteiger partial charge in [0.1, 0.15) is 17.7 Å². The molecule has 1 aromatic carbocycles. The maximum absolute atomic E-state index is 14.4. The number of likely N-dealkylation sites (tertiary alicyclic amines) is 1. The third-order valence-corrected chi connectivity index (χ3v) is 9.29. The molecule has 3 heterocycles. The number of allylic oxidation sites excluding steroid dienone is 1. The molecular weight excluding hydrogens is 574 g/mol. The van der Waals surface area contributed by atoms with Crippen molar-refractivity contribution in [2.45, 2.75) is 102 Å². The highest BCUT2D eigenvalue weighted by Gasteiger charge is 2.75. The van der Waals surface area contributed by atoms with Crippen LogP contribution in [0.1, 0.15) is 77.9 Å². The molecule has 3 saturated heterocycles. The summed E-state index contributed by atoms with van der Waals surface area (Å²) in [6.07, 6.45) is 4.71. The molecular formula is C35H49N3O7. The summed E-state index contributed by atoms with van der Waals surface area (Å²) >= 11 is 0. The fourth-order valence-corrected chi connectivity index (χ4v) is 7.25. The molecule has 0 saturated carbocycles. The van der Waals surface area contributed by atoms with Gasteiger partial charge in [-0.05, 0) is 65.4 Å². The van der Waals surface area contributed by atoms with E-state index in [1.54, 1.807) is 28.9 Å². The van der Waals surface area contributed by atoms with Crippen LogP contribution in [0, 0.1) is 11.8 Å². The van der Waals surface area contributed by atoms with Gasteiger partial charge in [-0.25, -0.2) is 0 Å². The summed E-state index contributed by atoms with van der Waals surface area (Å²) < 4.78 is 12.8. The first kappa shape index (κ1) is 34.4. The van der Waals surface area contributed by atoms with Gasteiger partial charge in [0.25, 0.3) is 0 Å². The Labute approximate surface area is 266 Å². The van der Waals surface area contributed by atoms with Crippen LogP contribution >= 0.6 is 0 Å². The fourth-order valence-electron chi connectivity index (χ4n) is 7.25. The first-order chi connectivity index (χ1) is 21.4. The van der Waals surface area contributed by atoms with Crippen LogP contribution in [-0.4, -0.2) is 87.6 Å². The number of hydrogen-bond donors (Lipinski definition) is 2. The minimum Gasteiger partial charge on any atom is -0.455 e. The molecule has 45 heavy (non-hydrogen) atoms. The van der Waals surface area contributed by atoms with Crippen LogP contribution < -0.4 is 5.32 Å². The number of nitrogens with one attached hydrogen (secondary N) is 1.